The molecule has 0 bridgehead atoms. The summed E-state index contributed by atoms with van der Waals surface area (Å²) in [6.07, 6.45) is 3.45. The highest BCUT2D eigenvalue weighted by molar-refractivity contribution is 9.10. The molecule has 1 N–H and O–H groups in total. The van der Waals surface area contributed by atoms with Gasteiger partial charge in [-0.15, -0.1) is 0 Å². The van der Waals surface area contributed by atoms with Gasteiger partial charge in [-0.3, -0.25) is 4.79 Å². The molecular weight excluding hydrogens is 460 g/mol. The molecule has 0 unspecified atom stereocenters. The van der Waals surface area contributed by atoms with Crippen LogP contribution in [0.5, 0.6) is 0 Å². The minimum Gasteiger partial charge on any atom is -0.478 e. The monoisotopic (exact) mass is 478 g/mol. The molecule has 0 aliphatic carbocycles. The lowest BCUT2D eigenvalue weighted by atomic mass is 10.2. The van der Waals surface area contributed by atoms with Crippen molar-refractivity contribution in [2.75, 3.05) is 0 Å². The first kappa shape index (κ1) is 20.7. The fourth-order valence-electron chi connectivity index (χ4n) is 3.27. The largest absolute Gasteiger partial charge is 0.478 e. The van der Waals surface area contributed by atoms with Crippen molar-refractivity contribution in [3.05, 3.63) is 92.7 Å². The number of benzene rings is 2. The second kappa shape index (κ2) is 8.31. The van der Waals surface area contributed by atoms with Crippen molar-refractivity contribution in [1.82, 2.24) is 14.2 Å². The maximum atomic E-state index is 13.1. The molecule has 0 spiro atoms. The van der Waals surface area contributed by atoms with E-state index in [1.807, 2.05) is 48.9 Å². The fourth-order valence-corrected chi connectivity index (χ4v) is 3.63. The van der Waals surface area contributed by atoms with Crippen LogP contribution in [-0.4, -0.2) is 31.5 Å². The number of aromatic carboxylic acids is 1. The first-order valence-electron chi connectivity index (χ1n) is 9.63. The lowest BCUT2D eigenvalue weighted by Crippen LogP contribution is -2.23. The van der Waals surface area contributed by atoms with Crippen LogP contribution in [0.15, 0.2) is 75.2 Å². The first-order valence-corrected chi connectivity index (χ1v) is 10.4. The van der Waals surface area contributed by atoms with Gasteiger partial charge in [0, 0.05) is 22.3 Å². The zero-order valence-corrected chi connectivity index (χ0v) is 18.4. The molecule has 2 heterocycles. The van der Waals surface area contributed by atoms with Crippen LogP contribution in [0.1, 0.15) is 41.6 Å². The molecular formula is C23H19BrN4O3. The lowest BCUT2D eigenvalue weighted by molar-refractivity contribution is 0.0697. The average molecular weight is 479 g/mol. The average Bonchev–Trinajstić information content (AvgIpc) is 3.22. The SMILES string of the molecule is CC(C)c1nc2ccc(Br)cc2c(=O)n1N=Cc1cccn1-c1ccc(C(=O)O)cc1. The standard InChI is InChI=1S/C23H19BrN4O3/c1-14(2)21-26-20-10-7-16(24)12-19(20)22(29)28(21)25-13-18-4-3-11-27(18)17-8-5-15(6-9-17)23(30)31/h3-14H,1-2H3,(H,30,31). The molecule has 2 aromatic heterocycles. The van der Waals surface area contributed by atoms with E-state index in [0.29, 0.717) is 16.7 Å². The summed E-state index contributed by atoms with van der Waals surface area (Å²) < 4.78 is 4.00. The van der Waals surface area contributed by atoms with Gasteiger partial charge in [-0.2, -0.15) is 9.78 Å². The van der Waals surface area contributed by atoms with Crippen molar-refractivity contribution in [3.8, 4) is 5.69 Å². The molecule has 4 aromatic rings. The van der Waals surface area contributed by atoms with Gasteiger partial charge in [0.25, 0.3) is 5.56 Å². The summed E-state index contributed by atoms with van der Waals surface area (Å²) in [5.41, 5.74) is 2.13. The van der Waals surface area contributed by atoms with Crippen LogP contribution >= 0.6 is 15.9 Å². The van der Waals surface area contributed by atoms with Crippen molar-refractivity contribution in [1.29, 1.82) is 0 Å². The van der Waals surface area contributed by atoms with E-state index >= 15 is 0 Å². The molecule has 2 aromatic carbocycles. The topological polar surface area (TPSA) is 89.5 Å². The second-order valence-corrected chi connectivity index (χ2v) is 8.22. The molecule has 7 nitrogen and oxygen atoms in total. The van der Waals surface area contributed by atoms with Crippen molar-refractivity contribution in [2.24, 2.45) is 5.10 Å². The van der Waals surface area contributed by atoms with Crippen molar-refractivity contribution >= 4 is 39.0 Å². The highest BCUT2D eigenvalue weighted by Gasteiger charge is 2.14. The van der Waals surface area contributed by atoms with E-state index < -0.39 is 5.97 Å². The van der Waals surface area contributed by atoms with Gasteiger partial charge in [-0.1, -0.05) is 29.8 Å². The molecule has 0 radical (unpaired) electrons. The van der Waals surface area contributed by atoms with Gasteiger partial charge in [0.1, 0.15) is 5.82 Å². The van der Waals surface area contributed by atoms with Gasteiger partial charge in [0.15, 0.2) is 0 Å². The van der Waals surface area contributed by atoms with Crippen LogP contribution < -0.4 is 5.56 Å². The van der Waals surface area contributed by atoms with Gasteiger partial charge in [-0.25, -0.2) is 9.78 Å². The predicted octanol–water partition coefficient (Wildman–Crippen LogP) is 4.65. The van der Waals surface area contributed by atoms with E-state index in [2.05, 4.69) is 26.0 Å². The number of hydrogen-bond acceptors (Lipinski definition) is 4. The summed E-state index contributed by atoms with van der Waals surface area (Å²) >= 11 is 3.40. The molecule has 0 atom stereocenters. The molecule has 31 heavy (non-hydrogen) atoms. The normalized spacial score (nSPS) is 11.6. The van der Waals surface area contributed by atoms with Crippen molar-refractivity contribution in [2.45, 2.75) is 19.8 Å². The molecule has 0 fully saturated rings. The Hall–Kier alpha value is -3.52. The van der Waals surface area contributed by atoms with E-state index in [1.54, 1.807) is 36.5 Å². The van der Waals surface area contributed by atoms with Crippen molar-refractivity contribution in [3.63, 3.8) is 0 Å². The first-order chi connectivity index (χ1) is 14.8. The molecule has 0 saturated carbocycles. The molecule has 4 rings (SSSR count). The van der Waals surface area contributed by atoms with E-state index in [1.165, 1.54) is 4.68 Å². The van der Waals surface area contributed by atoms with Crippen LogP contribution in [0.2, 0.25) is 0 Å². The summed E-state index contributed by atoms with van der Waals surface area (Å²) in [6, 6.07) is 15.7. The third kappa shape index (κ3) is 4.06. The number of carboxylic acids is 1. The number of hydrogen-bond donors (Lipinski definition) is 1. The Morgan fingerprint density at radius 2 is 1.90 bits per heavy atom. The van der Waals surface area contributed by atoms with E-state index in [4.69, 9.17) is 5.11 Å². The van der Waals surface area contributed by atoms with Gasteiger partial charge < -0.3 is 9.67 Å². The Morgan fingerprint density at radius 3 is 2.58 bits per heavy atom. The Bertz CT molecular complexity index is 1370. The quantitative estimate of drug-likeness (QED) is 0.422. The number of carbonyl (C=O) groups is 1. The molecule has 156 valence electrons. The van der Waals surface area contributed by atoms with Crippen LogP contribution in [0.4, 0.5) is 0 Å². The van der Waals surface area contributed by atoms with Crippen LogP contribution in [0.25, 0.3) is 16.6 Å². The molecule has 8 heteroatoms. The van der Waals surface area contributed by atoms with Gasteiger partial charge in [-0.05, 0) is 54.6 Å². The Balaban J connectivity index is 1.79. The van der Waals surface area contributed by atoms with Crippen LogP contribution in [0, 0.1) is 0 Å². The maximum absolute atomic E-state index is 13.1. The second-order valence-electron chi connectivity index (χ2n) is 7.30. The molecule has 0 aliphatic heterocycles. The number of nitrogens with zero attached hydrogens (tertiary/aromatic N) is 4. The smallest absolute Gasteiger partial charge is 0.335 e. The van der Waals surface area contributed by atoms with Gasteiger partial charge in [0.05, 0.1) is 28.4 Å². The third-order valence-corrected chi connectivity index (χ3v) is 5.32. The summed E-state index contributed by atoms with van der Waals surface area (Å²) in [4.78, 5) is 28.9. The third-order valence-electron chi connectivity index (χ3n) is 4.83. The summed E-state index contributed by atoms with van der Waals surface area (Å²) in [6.45, 7) is 3.93. The Kier molecular flexibility index (Phi) is 5.56. The molecule has 0 saturated heterocycles. The summed E-state index contributed by atoms with van der Waals surface area (Å²) in [5.74, 6) is -0.412. The van der Waals surface area contributed by atoms with Crippen molar-refractivity contribution < 1.29 is 9.90 Å². The highest BCUT2D eigenvalue weighted by atomic mass is 79.9. The minimum atomic E-state index is -0.975. The zero-order chi connectivity index (χ0) is 22.1. The van der Waals surface area contributed by atoms with Gasteiger partial charge in [0.2, 0.25) is 0 Å². The number of halogens is 1. The molecule has 0 aliphatic rings. The predicted molar refractivity (Wildman–Crippen MR) is 124 cm³/mol. The van der Waals surface area contributed by atoms with Gasteiger partial charge >= 0.3 is 5.97 Å². The fraction of sp³-hybridized carbons (Fsp3) is 0.130. The number of aromatic nitrogens is 3. The summed E-state index contributed by atoms with van der Waals surface area (Å²) in [5, 5.41) is 14.0. The lowest BCUT2D eigenvalue weighted by Gasteiger charge is -2.12. The van der Waals surface area contributed by atoms with E-state index in [0.717, 1.165) is 15.9 Å². The number of carboxylic acid groups (broad SMARTS) is 1. The van der Waals surface area contributed by atoms with E-state index in [-0.39, 0.29) is 17.0 Å². The van der Waals surface area contributed by atoms with E-state index in [9.17, 15) is 9.59 Å². The number of rotatable bonds is 5. The summed E-state index contributed by atoms with van der Waals surface area (Å²) in [7, 11) is 0. The molecule has 0 amide bonds. The minimum absolute atomic E-state index is 0.00625. The zero-order valence-electron chi connectivity index (χ0n) is 16.9. The Labute approximate surface area is 186 Å². The number of fused-ring (bicyclic) bond motifs is 1. The highest BCUT2D eigenvalue weighted by Crippen LogP contribution is 2.19. The van der Waals surface area contributed by atoms with Crippen LogP contribution in [-0.2, 0) is 0 Å². The van der Waals surface area contributed by atoms with Crippen LogP contribution in [0.3, 0.4) is 0 Å². The maximum Gasteiger partial charge on any atom is 0.335 e. The Morgan fingerprint density at radius 1 is 1.16 bits per heavy atom.